The molecular formula is C17H19N3O3. The molecule has 0 bridgehead atoms. The number of H-pyrrole nitrogens is 2. The second-order valence-electron chi connectivity index (χ2n) is 7.21. The first-order valence-electron chi connectivity index (χ1n) is 7.76. The number of carbonyl (C=O) groups excluding carboxylic acids is 1. The van der Waals surface area contributed by atoms with Gasteiger partial charge < -0.3 is 9.73 Å². The molecule has 0 radical (unpaired) electrons. The zero-order chi connectivity index (χ0) is 16.4. The molecule has 1 unspecified atom stereocenters. The van der Waals surface area contributed by atoms with Gasteiger partial charge >= 0.3 is 0 Å². The molecule has 6 nitrogen and oxygen atoms in total. The number of rotatable bonds is 1. The van der Waals surface area contributed by atoms with Crippen LogP contribution in [0.4, 0.5) is 5.82 Å². The van der Waals surface area contributed by atoms with Crippen LogP contribution < -0.4 is 10.9 Å². The van der Waals surface area contributed by atoms with Gasteiger partial charge in [0.15, 0.2) is 5.78 Å². The zero-order valence-electron chi connectivity index (χ0n) is 13.4. The lowest BCUT2D eigenvalue weighted by molar-refractivity contribution is -0.118. The Morgan fingerprint density at radius 3 is 2.65 bits per heavy atom. The largest absolute Gasteiger partial charge is 0.465 e. The van der Waals surface area contributed by atoms with Gasteiger partial charge in [0.1, 0.15) is 17.3 Å². The number of aromatic amines is 2. The molecule has 2 aromatic heterocycles. The van der Waals surface area contributed by atoms with Crippen molar-refractivity contribution < 1.29 is 9.21 Å². The SMILES string of the molecule is Cc1ccc(C2C3=C(CC(C)(C)CC3=O)Nc3[nH][nH]c(=O)c32)o1. The Hall–Kier alpha value is -2.50. The van der Waals surface area contributed by atoms with Crippen LogP contribution >= 0.6 is 0 Å². The van der Waals surface area contributed by atoms with Gasteiger partial charge in [0.05, 0.1) is 11.5 Å². The first-order valence-corrected chi connectivity index (χ1v) is 7.76. The summed E-state index contributed by atoms with van der Waals surface area (Å²) in [4.78, 5) is 25.1. The fraction of sp³-hybridized carbons (Fsp3) is 0.412. The number of allylic oxidation sites excluding steroid dienone is 2. The number of nitrogens with one attached hydrogen (secondary N) is 3. The average molecular weight is 313 g/mol. The topological polar surface area (TPSA) is 90.9 Å². The highest BCUT2D eigenvalue weighted by Crippen LogP contribution is 2.47. The molecule has 1 aliphatic heterocycles. The van der Waals surface area contributed by atoms with Gasteiger partial charge in [-0.2, -0.15) is 0 Å². The quantitative estimate of drug-likeness (QED) is 0.755. The second kappa shape index (κ2) is 4.50. The van der Waals surface area contributed by atoms with Crippen molar-refractivity contribution in [1.82, 2.24) is 10.2 Å². The molecule has 3 N–H and O–H groups in total. The number of carbonyl (C=O) groups is 1. The highest BCUT2D eigenvalue weighted by molar-refractivity contribution is 6.01. The van der Waals surface area contributed by atoms with E-state index in [0.29, 0.717) is 29.1 Å². The van der Waals surface area contributed by atoms with Crippen molar-refractivity contribution in [3.8, 4) is 0 Å². The number of hydrogen-bond acceptors (Lipinski definition) is 4. The van der Waals surface area contributed by atoms with E-state index < -0.39 is 5.92 Å². The minimum atomic E-state index is -0.450. The van der Waals surface area contributed by atoms with E-state index in [1.165, 1.54) is 0 Å². The summed E-state index contributed by atoms with van der Waals surface area (Å²) in [5, 5.41) is 8.72. The fourth-order valence-electron chi connectivity index (χ4n) is 3.71. The van der Waals surface area contributed by atoms with E-state index in [4.69, 9.17) is 4.42 Å². The van der Waals surface area contributed by atoms with Crippen molar-refractivity contribution in [2.45, 2.75) is 39.5 Å². The van der Waals surface area contributed by atoms with Crippen molar-refractivity contribution in [2.75, 3.05) is 5.32 Å². The van der Waals surface area contributed by atoms with E-state index in [9.17, 15) is 9.59 Å². The van der Waals surface area contributed by atoms with Crippen LogP contribution in [0, 0.1) is 12.3 Å². The molecule has 1 aliphatic carbocycles. The molecule has 4 rings (SSSR count). The molecule has 0 saturated carbocycles. The number of furan rings is 1. The van der Waals surface area contributed by atoms with Crippen LogP contribution in [0.3, 0.4) is 0 Å². The van der Waals surface area contributed by atoms with Crippen LogP contribution in [0.25, 0.3) is 0 Å². The van der Waals surface area contributed by atoms with E-state index >= 15 is 0 Å². The molecule has 3 heterocycles. The summed E-state index contributed by atoms with van der Waals surface area (Å²) >= 11 is 0. The molecule has 6 heteroatoms. The predicted molar refractivity (Wildman–Crippen MR) is 85.4 cm³/mol. The van der Waals surface area contributed by atoms with Gasteiger partial charge in [-0.1, -0.05) is 13.8 Å². The molecule has 0 aromatic carbocycles. The summed E-state index contributed by atoms with van der Waals surface area (Å²) in [6.45, 7) is 6.02. The maximum absolute atomic E-state index is 12.8. The van der Waals surface area contributed by atoms with Gasteiger partial charge in [0.2, 0.25) is 0 Å². The average Bonchev–Trinajstić information content (AvgIpc) is 3.02. The highest BCUT2D eigenvalue weighted by Gasteiger charge is 2.43. The van der Waals surface area contributed by atoms with Gasteiger partial charge in [-0.05, 0) is 30.9 Å². The second-order valence-corrected chi connectivity index (χ2v) is 7.21. The van der Waals surface area contributed by atoms with Gasteiger partial charge in [0, 0.05) is 17.7 Å². The highest BCUT2D eigenvalue weighted by atomic mass is 16.3. The Morgan fingerprint density at radius 2 is 1.96 bits per heavy atom. The Balaban J connectivity index is 1.95. The van der Waals surface area contributed by atoms with E-state index in [2.05, 4.69) is 29.4 Å². The third-order valence-electron chi connectivity index (χ3n) is 4.63. The number of aryl methyl sites for hydroxylation is 1. The number of Topliss-reactive ketones (excluding diaryl/α,β-unsaturated/α-hetero) is 1. The summed E-state index contributed by atoms with van der Waals surface area (Å²) in [6.07, 6.45) is 1.23. The summed E-state index contributed by atoms with van der Waals surface area (Å²) in [7, 11) is 0. The van der Waals surface area contributed by atoms with Crippen LogP contribution in [0.1, 0.15) is 49.7 Å². The summed E-state index contributed by atoms with van der Waals surface area (Å²) in [5.41, 5.74) is 1.74. The normalized spacial score (nSPS) is 22.6. The standard InChI is InChI=1S/C17H19N3O3/c1-8-4-5-11(23-8)13-12-9(6-17(2,3)7-10(12)21)18-15-14(13)16(22)20-19-15/h4-5,13H,6-7H2,1-3H3,(H3,18,19,20,22). The molecule has 0 spiro atoms. The third-order valence-corrected chi connectivity index (χ3v) is 4.63. The molecule has 120 valence electrons. The van der Waals surface area contributed by atoms with Gasteiger partial charge in [-0.3, -0.25) is 19.8 Å². The maximum atomic E-state index is 12.8. The molecule has 1 atom stereocenters. The van der Waals surface area contributed by atoms with Crippen LogP contribution in [-0.2, 0) is 4.79 Å². The maximum Gasteiger partial charge on any atom is 0.270 e. The van der Waals surface area contributed by atoms with Crippen molar-refractivity contribution in [2.24, 2.45) is 5.41 Å². The fourth-order valence-corrected chi connectivity index (χ4v) is 3.71. The third kappa shape index (κ3) is 2.09. The van der Waals surface area contributed by atoms with Crippen molar-refractivity contribution in [3.05, 3.63) is 50.8 Å². The monoisotopic (exact) mass is 313 g/mol. The number of anilines is 1. The number of hydrogen-bond donors (Lipinski definition) is 3. The Kier molecular flexibility index (Phi) is 2.76. The van der Waals surface area contributed by atoms with E-state index in [1.807, 2.05) is 19.1 Å². The van der Waals surface area contributed by atoms with Crippen LogP contribution in [0.2, 0.25) is 0 Å². The Bertz CT molecular complexity index is 894. The van der Waals surface area contributed by atoms with Crippen LogP contribution in [0.15, 0.2) is 32.6 Å². The van der Waals surface area contributed by atoms with Gasteiger partial charge in [-0.15, -0.1) is 0 Å². The first kappa shape index (κ1) is 14.1. The lowest BCUT2D eigenvalue weighted by Gasteiger charge is -2.37. The molecule has 0 fully saturated rings. The minimum Gasteiger partial charge on any atom is -0.465 e. The molecule has 0 saturated heterocycles. The summed E-state index contributed by atoms with van der Waals surface area (Å²) < 4.78 is 5.77. The van der Waals surface area contributed by atoms with E-state index in [-0.39, 0.29) is 16.8 Å². The van der Waals surface area contributed by atoms with E-state index in [0.717, 1.165) is 17.9 Å². The number of ketones is 1. The summed E-state index contributed by atoms with van der Waals surface area (Å²) in [5.74, 6) is 1.65. The van der Waals surface area contributed by atoms with Crippen molar-refractivity contribution in [3.63, 3.8) is 0 Å². The van der Waals surface area contributed by atoms with Crippen molar-refractivity contribution in [1.29, 1.82) is 0 Å². The summed E-state index contributed by atoms with van der Waals surface area (Å²) in [6, 6.07) is 3.70. The van der Waals surface area contributed by atoms with E-state index in [1.54, 1.807) is 0 Å². The predicted octanol–water partition coefficient (Wildman–Crippen LogP) is 2.81. The number of aromatic nitrogens is 2. The van der Waals surface area contributed by atoms with Crippen molar-refractivity contribution >= 4 is 11.6 Å². The Labute approximate surface area is 133 Å². The minimum absolute atomic E-state index is 0.0778. The van der Waals surface area contributed by atoms with Gasteiger partial charge in [-0.25, -0.2) is 0 Å². The Morgan fingerprint density at radius 1 is 1.17 bits per heavy atom. The van der Waals surface area contributed by atoms with Crippen LogP contribution in [0.5, 0.6) is 0 Å². The molecule has 0 amide bonds. The van der Waals surface area contributed by atoms with Gasteiger partial charge in [0.25, 0.3) is 5.56 Å². The molecule has 23 heavy (non-hydrogen) atoms. The number of fused-ring (bicyclic) bond motifs is 1. The first-order chi connectivity index (χ1) is 10.9. The lowest BCUT2D eigenvalue weighted by Crippen LogP contribution is -2.34. The molecular weight excluding hydrogens is 294 g/mol. The van der Waals surface area contributed by atoms with Crippen LogP contribution in [-0.4, -0.2) is 16.0 Å². The lowest BCUT2D eigenvalue weighted by atomic mass is 9.70. The molecule has 2 aromatic rings. The molecule has 2 aliphatic rings. The zero-order valence-corrected chi connectivity index (χ0v) is 13.4. The smallest absolute Gasteiger partial charge is 0.270 e.